The van der Waals surface area contributed by atoms with Crippen LogP contribution in [0.2, 0.25) is 0 Å². The Hall–Kier alpha value is -3.95. The SMILES string of the molecule is CCCNCCc1ccc(-c2cc3nccc(Oc4ccc(CC(=O)Cc5cc(C)on5)cc4F)c3s2)nc1. The zero-order valence-electron chi connectivity index (χ0n) is 21.9. The predicted octanol–water partition coefficient (Wildman–Crippen LogP) is 6.48. The van der Waals surface area contributed by atoms with Gasteiger partial charge >= 0.3 is 0 Å². The van der Waals surface area contributed by atoms with Crippen LogP contribution in [0.5, 0.6) is 11.5 Å². The third-order valence-corrected chi connectivity index (χ3v) is 7.30. The second kappa shape index (κ2) is 12.3. The largest absolute Gasteiger partial charge is 0.453 e. The van der Waals surface area contributed by atoms with E-state index in [-0.39, 0.29) is 24.4 Å². The van der Waals surface area contributed by atoms with Gasteiger partial charge in [-0.1, -0.05) is 24.2 Å². The summed E-state index contributed by atoms with van der Waals surface area (Å²) in [5, 5.41) is 7.24. The number of aromatic nitrogens is 3. The van der Waals surface area contributed by atoms with Crippen molar-refractivity contribution in [3.05, 3.63) is 89.3 Å². The molecule has 0 atom stereocenters. The van der Waals surface area contributed by atoms with Gasteiger partial charge in [0.05, 0.1) is 32.9 Å². The van der Waals surface area contributed by atoms with E-state index >= 15 is 0 Å². The summed E-state index contributed by atoms with van der Waals surface area (Å²) >= 11 is 1.50. The van der Waals surface area contributed by atoms with Gasteiger partial charge in [-0.05, 0) is 68.2 Å². The van der Waals surface area contributed by atoms with E-state index in [0.717, 1.165) is 46.7 Å². The van der Waals surface area contributed by atoms with Crippen LogP contribution >= 0.6 is 11.3 Å². The molecule has 5 aromatic rings. The first-order valence-corrected chi connectivity index (χ1v) is 13.7. The molecule has 0 aliphatic heterocycles. The average molecular weight is 545 g/mol. The molecule has 7 nitrogen and oxygen atoms in total. The van der Waals surface area contributed by atoms with E-state index in [0.29, 0.717) is 22.8 Å². The molecule has 4 heterocycles. The zero-order chi connectivity index (χ0) is 27.2. The number of nitrogens with one attached hydrogen (secondary N) is 1. The average Bonchev–Trinajstić information content (AvgIpc) is 3.55. The lowest BCUT2D eigenvalue weighted by Crippen LogP contribution is -2.17. The number of carbonyl (C=O) groups is 1. The summed E-state index contributed by atoms with van der Waals surface area (Å²) in [5.74, 6) is 0.630. The third-order valence-electron chi connectivity index (χ3n) is 6.14. The lowest BCUT2D eigenvalue weighted by atomic mass is 10.1. The minimum atomic E-state index is -0.537. The Labute approximate surface area is 230 Å². The van der Waals surface area contributed by atoms with Crippen molar-refractivity contribution in [3.8, 4) is 22.1 Å². The van der Waals surface area contributed by atoms with Gasteiger partial charge < -0.3 is 14.6 Å². The van der Waals surface area contributed by atoms with Crippen molar-refractivity contribution in [1.82, 2.24) is 20.4 Å². The maximum Gasteiger partial charge on any atom is 0.166 e. The van der Waals surface area contributed by atoms with E-state index in [9.17, 15) is 9.18 Å². The van der Waals surface area contributed by atoms with Gasteiger partial charge in [0.15, 0.2) is 11.6 Å². The molecule has 200 valence electrons. The first-order valence-electron chi connectivity index (χ1n) is 12.9. The standard InChI is InChI=1S/C30H29FN4O3S/c1-3-10-32-11-8-20-4-6-25(34-18-20)29-17-26-30(39-29)28(9-12-33-26)37-27-7-5-21(15-24(27)31)14-23(36)16-22-13-19(2)38-35-22/h4-7,9,12-13,15,17-18,32H,3,8,10-11,14,16H2,1-2H3. The molecule has 5 rings (SSSR count). The number of nitrogens with zero attached hydrogens (tertiary/aromatic N) is 3. The van der Waals surface area contributed by atoms with Gasteiger partial charge in [-0.2, -0.15) is 0 Å². The molecule has 9 heteroatoms. The molecule has 0 saturated carbocycles. The molecule has 0 amide bonds. The van der Waals surface area contributed by atoms with Crippen LogP contribution < -0.4 is 10.1 Å². The fourth-order valence-corrected chi connectivity index (χ4v) is 5.27. The first-order chi connectivity index (χ1) is 19.0. The molecule has 0 fully saturated rings. The summed E-state index contributed by atoms with van der Waals surface area (Å²) < 4.78 is 26.7. The van der Waals surface area contributed by atoms with E-state index in [1.165, 1.54) is 23.0 Å². The van der Waals surface area contributed by atoms with Crippen LogP contribution in [-0.2, 0) is 24.1 Å². The topological polar surface area (TPSA) is 90.1 Å². The number of Topliss-reactive ketones (excluding diaryl/α,β-unsaturated/α-hetero) is 1. The monoisotopic (exact) mass is 544 g/mol. The van der Waals surface area contributed by atoms with Crippen LogP contribution in [0.1, 0.15) is 35.9 Å². The number of rotatable bonds is 12. The van der Waals surface area contributed by atoms with Gasteiger partial charge in [0.1, 0.15) is 17.3 Å². The van der Waals surface area contributed by atoms with Crippen LogP contribution in [0.15, 0.2) is 65.4 Å². The number of thiophene rings is 1. The predicted molar refractivity (Wildman–Crippen MR) is 150 cm³/mol. The van der Waals surface area contributed by atoms with Crippen LogP contribution in [0.3, 0.4) is 0 Å². The maximum absolute atomic E-state index is 15.0. The zero-order valence-corrected chi connectivity index (χ0v) is 22.7. The van der Waals surface area contributed by atoms with Crippen molar-refractivity contribution < 1.29 is 18.4 Å². The molecule has 0 aliphatic rings. The molecule has 0 unspecified atom stereocenters. The summed E-state index contributed by atoms with van der Waals surface area (Å²) in [7, 11) is 0. The Morgan fingerprint density at radius 2 is 1.90 bits per heavy atom. The lowest BCUT2D eigenvalue weighted by Gasteiger charge is -2.09. The summed E-state index contributed by atoms with van der Waals surface area (Å²) in [4.78, 5) is 22.5. The van der Waals surface area contributed by atoms with Crippen LogP contribution in [-0.4, -0.2) is 34.0 Å². The first kappa shape index (κ1) is 26.6. The van der Waals surface area contributed by atoms with Gasteiger partial charge in [0, 0.05) is 30.9 Å². The quantitative estimate of drug-likeness (QED) is 0.180. The molecule has 4 aromatic heterocycles. The molecule has 1 aromatic carbocycles. The highest BCUT2D eigenvalue weighted by atomic mass is 32.1. The number of pyridine rings is 2. The maximum atomic E-state index is 15.0. The number of hydrogen-bond donors (Lipinski definition) is 1. The fraction of sp³-hybridized carbons (Fsp3) is 0.267. The van der Waals surface area contributed by atoms with E-state index in [4.69, 9.17) is 9.26 Å². The number of ether oxygens (including phenoxy) is 1. The van der Waals surface area contributed by atoms with Crippen molar-refractivity contribution in [1.29, 1.82) is 0 Å². The minimum Gasteiger partial charge on any atom is -0.453 e. The molecule has 0 spiro atoms. The van der Waals surface area contributed by atoms with Crippen molar-refractivity contribution in [3.63, 3.8) is 0 Å². The van der Waals surface area contributed by atoms with Crippen LogP contribution in [0.25, 0.3) is 20.8 Å². The second-order valence-electron chi connectivity index (χ2n) is 9.37. The van der Waals surface area contributed by atoms with Gasteiger partial charge in [-0.25, -0.2) is 4.39 Å². The molecule has 0 aliphatic carbocycles. The van der Waals surface area contributed by atoms with Crippen molar-refractivity contribution in [2.24, 2.45) is 0 Å². The molecule has 0 radical (unpaired) electrons. The molecule has 0 bridgehead atoms. The summed E-state index contributed by atoms with van der Waals surface area (Å²) in [6, 6.07) is 14.1. The Bertz CT molecular complexity index is 1580. The third kappa shape index (κ3) is 6.74. The number of benzene rings is 1. The highest BCUT2D eigenvalue weighted by Gasteiger charge is 2.15. The summed E-state index contributed by atoms with van der Waals surface area (Å²) in [6.45, 7) is 5.87. The van der Waals surface area contributed by atoms with E-state index in [1.54, 1.807) is 37.4 Å². The highest BCUT2D eigenvalue weighted by molar-refractivity contribution is 7.22. The lowest BCUT2D eigenvalue weighted by molar-refractivity contribution is -0.117. The molecular formula is C30H29FN4O3S. The van der Waals surface area contributed by atoms with Crippen molar-refractivity contribution >= 4 is 27.3 Å². The minimum absolute atomic E-state index is 0.0758. The van der Waals surface area contributed by atoms with Crippen molar-refractivity contribution in [2.45, 2.75) is 39.5 Å². The molecule has 39 heavy (non-hydrogen) atoms. The Balaban J connectivity index is 1.27. The smallest absolute Gasteiger partial charge is 0.166 e. The summed E-state index contributed by atoms with van der Waals surface area (Å²) in [6.07, 6.45) is 5.84. The Morgan fingerprint density at radius 3 is 2.64 bits per heavy atom. The van der Waals surface area contributed by atoms with Crippen LogP contribution in [0.4, 0.5) is 4.39 Å². The second-order valence-corrected chi connectivity index (χ2v) is 10.4. The number of aryl methyl sites for hydroxylation is 1. The van der Waals surface area contributed by atoms with Gasteiger partial charge in [0.25, 0.3) is 0 Å². The fourth-order valence-electron chi connectivity index (χ4n) is 4.22. The number of halogens is 1. The Morgan fingerprint density at radius 1 is 1.03 bits per heavy atom. The van der Waals surface area contributed by atoms with Gasteiger partial charge in [-0.3, -0.25) is 14.8 Å². The van der Waals surface area contributed by atoms with E-state index in [1.807, 2.05) is 18.3 Å². The highest BCUT2D eigenvalue weighted by Crippen LogP contribution is 2.39. The van der Waals surface area contributed by atoms with Gasteiger partial charge in [-0.15, -0.1) is 11.3 Å². The number of fused-ring (bicyclic) bond motifs is 1. The van der Waals surface area contributed by atoms with Gasteiger partial charge in [0.2, 0.25) is 0 Å². The normalized spacial score (nSPS) is 11.3. The van der Waals surface area contributed by atoms with Crippen LogP contribution in [0, 0.1) is 12.7 Å². The molecular weight excluding hydrogens is 515 g/mol. The number of carbonyl (C=O) groups excluding carboxylic acids is 1. The molecule has 1 N–H and O–H groups in total. The molecule has 0 saturated heterocycles. The number of ketones is 1. The van der Waals surface area contributed by atoms with E-state index < -0.39 is 5.82 Å². The van der Waals surface area contributed by atoms with Crippen molar-refractivity contribution in [2.75, 3.05) is 13.1 Å². The van der Waals surface area contributed by atoms with E-state index in [2.05, 4.69) is 33.4 Å². The number of hydrogen-bond acceptors (Lipinski definition) is 8. The Kier molecular flexibility index (Phi) is 8.39. The summed E-state index contributed by atoms with van der Waals surface area (Å²) in [5.41, 5.74) is 3.93.